The number of aromatic nitrogens is 2. The van der Waals surface area contributed by atoms with Gasteiger partial charge in [0.1, 0.15) is 11.0 Å². The van der Waals surface area contributed by atoms with Gasteiger partial charge in [0.25, 0.3) is 0 Å². The Morgan fingerprint density at radius 2 is 2.23 bits per heavy atom. The summed E-state index contributed by atoms with van der Waals surface area (Å²) in [6.07, 6.45) is 3.65. The molecule has 0 aromatic carbocycles. The van der Waals surface area contributed by atoms with Crippen LogP contribution in [0.2, 0.25) is 5.15 Å². The average molecular weight is 200 g/mol. The van der Waals surface area contributed by atoms with Crippen LogP contribution in [0.4, 0.5) is 0 Å². The molecular formula is C9H14ClN3. The van der Waals surface area contributed by atoms with Gasteiger partial charge in [0.15, 0.2) is 0 Å². The highest BCUT2D eigenvalue weighted by molar-refractivity contribution is 6.29. The quantitative estimate of drug-likeness (QED) is 0.691. The summed E-state index contributed by atoms with van der Waals surface area (Å²) in [5.74, 6) is 0.828. The van der Waals surface area contributed by atoms with E-state index in [2.05, 4.69) is 29.0 Å². The summed E-state index contributed by atoms with van der Waals surface area (Å²) in [7, 11) is 4.11. The zero-order valence-electron chi connectivity index (χ0n) is 8.00. The van der Waals surface area contributed by atoms with Gasteiger partial charge in [-0.05, 0) is 33.1 Å². The zero-order chi connectivity index (χ0) is 9.68. The molecule has 0 aliphatic rings. The van der Waals surface area contributed by atoms with E-state index in [0.29, 0.717) is 5.15 Å². The second-order valence-corrected chi connectivity index (χ2v) is 3.59. The van der Waals surface area contributed by atoms with Crippen molar-refractivity contribution in [3.05, 3.63) is 23.2 Å². The van der Waals surface area contributed by atoms with E-state index in [1.54, 1.807) is 12.3 Å². The van der Waals surface area contributed by atoms with Crippen LogP contribution in [-0.2, 0) is 6.42 Å². The molecule has 1 rings (SSSR count). The van der Waals surface area contributed by atoms with Crippen molar-refractivity contribution in [3.8, 4) is 0 Å². The summed E-state index contributed by atoms with van der Waals surface area (Å²) in [5.41, 5.74) is 0. The van der Waals surface area contributed by atoms with Crippen LogP contribution >= 0.6 is 11.6 Å². The maximum atomic E-state index is 5.72. The number of nitrogens with zero attached hydrogens (tertiary/aromatic N) is 3. The molecule has 4 heteroatoms. The summed E-state index contributed by atoms with van der Waals surface area (Å²) in [6, 6.07) is 1.69. The van der Waals surface area contributed by atoms with Crippen LogP contribution in [0.5, 0.6) is 0 Å². The van der Waals surface area contributed by atoms with Crippen LogP contribution in [0.25, 0.3) is 0 Å². The first-order valence-corrected chi connectivity index (χ1v) is 4.68. The molecule has 1 aromatic rings. The van der Waals surface area contributed by atoms with Crippen molar-refractivity contribution in [3.63, 3.8) is 0 Å². The van der Waals surface area contributed by atoms with Crippen LogP contribution in [0.1, 0.15) is 12.2 Å². The lowest BCUT2D eigenvalue weighted by Crippen LogP contribution is -2.14. The summed E-state index contributed by atoms with van der Waals surface area (Å²) in [6.45, 7) is 1.05. The summed E-state index contributed by atoms with van der Waals surface area (Å²) in [4.78, 5) is 10.4. The highest BCUT2D eigenvalue weighted by Gasteiger charge is 1.97. The molecule has 0 atom stereocenters. The second-order valence-electron chi connectivity index (χ2n) is 3.20. The fourth-order valence-corrected chi connectivity index (χ4v) is 1.20. The molecule has 0 unspecified atom stereocenters. The van der Waals surface area contributed by atoms with E-state index in [4.69, 9.17) is 11.6 Å². The first-order valence-electron chi connectivity index (χ1n) is 4.30. The summed E-state index contributed by atoms with van der Waals surface area (Å²) >= 11 is 5.72. The third-order valence-electron chi connectivity index (χ3n) is 1.68. The van der Waals surface area contributed by atoms with Gasteiger partial charge < -0.3 is 4.90 Å². The highest BCUT2D eigenvalue weighted by Crippen LogP contribution is 2.03. The van der Waals surface area contributed by atoms with Crippen LogP contribution in [0, 0.1) is 0 Å². The lowest BCUT2D eigenvalue weighted by atomic mass is 10.3. The van der Waals surface area contributed by atoms with Crippen molar-refractivity contribution in [2.45, 2.75) is 12.8 Å². The van der Waals surface area contributed by atoms with Gasteiger partial charge in [-0.2, -0.15) is 0 Å². The molecule has 13 heavy (non-hydrogen) atoms. The molecule has 0 fully saturated rings. The van der Waals surface area contributed by atoms with Gasteiger partial charge in [0.05, 0.1) is 0 Å². The van der Waals surface area contributed by atoms with Crippen LogP contribution in [0.15, 0.2) is 12.3 Å². The second kappa shape index (κ2) is 5.14. The predicted molar refractivity (Wildman–Crippen MR) is 53.9 cm³/mol. The van der Waals surface area contributed by atoms with E-state index in [1.807, 2.05) is 0 Å². The third-order valence-corrected chi connectivity index (χ3v) is 1.89. The van der Waals surface area contributed by atoms with Crippen molar-refractivity contribution in [2.75, 3.05) is 20.6 Å². The molecule has 1 heterocycles. The Labute approximate surface area is 83.8 Å². The van der Waals surface area contributed by atoms with Crippen molar-refractivity contribution in [1.29, 1.82) is 0 Å². The van der Waals surface area contributed by atoms with Crippen molar-refractivity contribution < 1.29 is 0 Å². The maximum Gasteiger partial charge on any atom is 0.132 e. The van der Waals surface area contributed by atoms with E-state index in [-0.39, 0.29) is 0 Å². The Bertz CT molecular complexity index is 263. The van der Waals surface area contributed by atoms with E-state index in [0.717, 1.165) is 25.2 Å². The molecule has 0 saturated carbocycles. The van der Waals surface area contributed by atoms with E-state index in [9.17, 15) is 0 Å². The number of aryl methyl sites for hydroxylation is 1. The summed E-state index contributed by atoms with van der Waals surface area (Å²) < 4.78 is 0. The molecule has 3 nitrogen and oxygen atoms in total. The highest BCUT2D eigenvalue weighted by atomic mass is 35.5. The number of hydrogen-bond acceptors (Lipinski definition) is 3. The Kier molecular flexibility index (Phi) is 4.12. The Hall–Kier alpha value is -0.670. The smallest absolute Gasteiger partial charge is 0.132 e. The standard InChI is InChI=1S/C9H14ClN3/c1-13(2)7-3-4-9-11-6-5-8(10)12-9/h5-6H,3-4,7H2,1-2H3. The van der Waals surface area contributed by atoms with Crippen molar-refractivity contribution in [1.82, 2.24) is 14.9 Å². The Morgan fingerprint density at radius 1 is 1.46 bits per heavy atom. The molecule has 0 radical (unpaired) electrons. The maximum absolute atomic E-state index is 5.72. The number of hydrogen-bond donors (Lipinski definition) is 0. The van der Waals surface area contributed by atoms with Crippen LogP contribution in [0.3, 0.4) is 0 Å². The molecule has 0 N–H and O–H groups in total. The SMILES string of the molecule is CN(C)CCCc1nccc(Cl)n1. The molecule has 0 aliphatic heterocycles. The normalized spacial score (nSPS) is 10.8. The molecule has 1 aromatic heterocycles. The monoisotopic (exact) mass is 199 g/mol. The molecule has 0 aliphatic carbocycles. The van der Waals surface area contributed by atoms with Crippen molar-refractivity contribution in [2.24, 2.45) is 0 Å². The first kappa shape index (κ1) is 10.4. The third kappa shape index (κ3) is 4.20. The van der Waals surface area contributed by atoms with Gasteiger partial charge in [-0.25, -0.2) is 9.97 Å². The minimum atomic E-state index is 0.523. The Morgan fingerprint density at radius 3 is 2.85 bits per heavy atom. The van der Waals surface area contributed by atoms with Gasteiger partial charge in [0.2, 0.25) is 0 Å². The fraction of sp³-hybridized carbons (Fsp3) is 0.556. The van der Waals surface area contributed by atoms with Crippen LogP contribution in [-0.4, -0.2) is 35.5 Å². The zero-order valence-corrected chi connectivity index (χ0v) is 8.75. The van der Waals surface area contributed by atoms with Gasteiger partial charge in [-0.1, -0.05) is 11.6 Å². The first-order chi connectivity index (χ1) is 6.18. The largest absolute Gasteiger partial charge is 0.309 e. The Balaban J connectivity index is 2.37. The minimum Gasteiger partial charge on any atom is -0.309 e. The van der Waals surface area contributed by atoms with Gasteiger partial charge >= 0.3 is 0 Å². The van der Waals surface area contributed by atoms with E-state index >= 15 is 0 Å². The lowest BCUT2D eigenvalue weighted by molar-refractivity contribution is 0.398. The molecule has 0 bridgehead atoms. The van der Waals surface area contributed by atoms with Gasteiger partial charge in [0, 0.05) is 12.6 Å². The molecular weight excluding hydrogens is 186 g/mol. The molecule has 0 saturated heterocycles. The number of halogens is 1. The van der Waals surface area contributed by atoms with Crippen LogP contribution < -0.4 is 0 Å². The summed E-state index contributed by atoms with van der Waals surface area (Å²) in [5, 5.41) is 0.523. The van der Waals surface area contributed by atoms with Gasteiger partial charge in [-0.15, -0.1) is 0 Å². The van der Waals surface area contributed by atoms with Gasteiger partial charge in [-0.3, -0.25) is 0 Å². The van der Waals surface area contributed by atoms with E-state index in [1.165, 1.54) is 0 Å². The predicted octanol–water partition coefficient (Wildman–Crippen LogP) is 1.62. The fourth-order valence-electron chi connectivity index (χ4n) is 1.05. The lowest BCUT2D eigenvalue weighted by Gasteiger charge is -2.07. The number of rotatable bonds is 4. The topological polar surface area (TPSA) is 29.0 Å². The molecule has 0 amide bonds. The average Bonchev–Trinajstić information content (AvgIpc) is 2.03. The molecule has 72 valence electrons. The molecule has 0 spiro atoms. The minimum absolute atomic E-state index is 0.523. The van der Waals surface area contributed by atoms with E-state index < -0.39 is 0 Å². The van der Waals surface area contributed by atoms with Crippen molar-refractivity contribution >= 4 is 11.6 Å².